The van der Waals surface area contributed by atoms with Gasteiger partial charge >= 0.3 is 0 Å². The number of rotatable bonds is 4. The van der Waals surface area contributed by atoms with E-state index in [9.17, 15) is 0 Å². The number of hydrogen-bond donors (Lipinski definition) is 0. The second kappa shape index (κ2) is 5.78. The predicted octanol–water partition coefficient (Wildman–Crippen LogP) is 4.12. The molecule has 4 heteroatoms. The van der Waals surface area contributed by atoms with Crippen molar-refractivity contribution in [3.05, 3.63) is 53.9 Å². The van der Waals surface area contributed by atoms with E-state index in [0.29, 0.717) is 5.88 Å². The van der Waals surface area contributed by atoms with Crippen LogP contribution in [0.15, 0.2) is 42.5 Å². The molecule has 3 nitrogen and oxygen atoms in total. The number of aromatic nitrogens is 2. The smallest absolute Gasteiger partial charge is 0.121 e. The Morgan fingerprint density at radius 3 is 2.57 bits per heavy atom. The van der Waals surface area contributed by atoms with Crippen LogP contribution in [0.3, 0.4) is 0 Å². The van der Waals surface area contributed by atoms with Crippen LogP contribution in [0.5, 0.6) is 5.75 Å². The van der Waals surface area contributed by atoms with E-state index in [1.54, 1.807) is 7.11 Å². The number of halogens is 1. The zero-order valence-corrected chi connectivity index (χ0v) is 12.9. The summed E-state index contributed by atoms with van der Waals surface area (Å²) in [6.07, 6.45) is 0.729. The molecular weight excluding hydrogens is 284 g/mol. The van der Waals surface area contributed by atoms with Crippen LogP contribution in [0.4, 0.5) is 0 Å². The van der Waals surface area contributed by atoms with Crippen LogP contribution in [0.2, 0.25) is 0 Å². The van der Waals surface area contributed by atoms with Gasteiger partial charge in [-0.25, -0.2) is 4.98 Å². The Labute approximate surface area is 129 Å². The first-order valence-electron chi connectivity index (χ1n) is 6.91. The zero-order valence-electron chi connectivity index (χ0n) is 12.1. The summed E-state index contributed by atoms with van der Waals surface area (Å²) in [4.78, 5) is 4.70. The van der Waals surface area contributed by atoms with Gasteiger partial charge in [0.2, 0.25) is 0 Å². The van der Waals surface area contributed by atoms with Gasteiger partial charge in [0, 0.05) is 24.1 Å². The summed E-state index contributed by atoms with van der Waals surface area (Å²) in [6, 6.07) is 14.3. The number of ether oxygens (including phenoxy) is 1. The lowest BCUT2D eigenvalue weighted by Gasteiger charge is -2.09. The molecule has 0 aliphatic heterocycles. The molecule has 0 radical (unpaired) electrons. The van der Waals surface area contributed by atoms with Crippen molar-refractivity contribution in [2.45, 2.75) is 13.3 Å². The fraction of sp³-hybridized carbons (Fsp3) is 0.235. The van der Waals surface area contributed by atoms with Crippen LogP contribution in [0.1, 0.15) is 11.4 Å². The predicted molar refractivity (Wildman–Crippen MR) is 86.8 cm³/mol. The molecule has 0 aliphatic carbocycles. The van der Waals surface area contributed by atoms with E-state index >= 15 is 0 Å². The van der Waals surface area contributed by atoms with Crippen molar-refractivity contribution in [3.63, 3.8) is 0 Å². The Bertz CT molecular complexity index is 762. The first kappa shape index (κ1) is 14.0. The monoisotopic (exact) mass is 300 g/mol. The highest BCUT2D eigenvalue weighted by Gasteiger charge is 2.12. The van der Waals surface area contributed by atoms with Gasteiger partial charge in [0.15, 0.2) is 0 Å². The van der Waals surface area contributed by atoms with Crippen molar-refractivity contribution >= 4 is 22.6 Å². The Morgan fingerprint density at radius 1 is 1.14 bits per heavy atom. The van der Waals surface area contributed by atoms with E-state index in [1.165, 1.54) is 5.56 Å². The average Bonchev–Trinajstić information content (AvgIpc) is 2.85. The Balaban J connectivity index is 2.25. The quantitative estimate of drug-likeness (QED) is 0.678. The molecule has 2 aromatic carbocycles. The number of alkyl halides is 1. The molecule has 3 aromatic rings. The molecule has 0 N–H and O–H groups in total. The second-order valence-corrected chi connectivity index (χ2v) is 5.37. The van der Waals surface area contributed by atoms with Crippen LogP contribution in [-0.2, 0) is 6.42 Å². The van der Waals surface area contributed by atoms with Crippen molar-refractivity contribution in [1.82, 2.24) is 9.55 Å². The Kier molecular flexibility index (Phi) is 3.84. The van der Waals surface area contributed by atoms with Crippen molar-refractivity contribution in [2.75, 3.05) is 13.0 Å². The van der Waals surface area contributed by atoms with Crippen molar-refractivity contribution < 1.29 is 4.74 Å². The summed E-state index contributed by atoms with van der Waals surface area (Å²) < 4.78 is 7.49. The molecule has 1 aromatic heterocycles. The van der Waals surface area contributed by atoms with E-state index in [4.69, 9.17) is 21.3 Å². The molecular formula is C17H17ClN2O. The fourth-order valence-electron chi connectivity index (χ4n) is 2.47. The maximum Gasteiger partial charge on any atom is 0.121 e. The largest absolute Gasteiger partial charge is 0.497 e. The summed E-state index contributed by atoms with van der Waals surface area (Å²) in [5.41, 5.74) is 4.32. The van der Waals surface area contributed by atoms with E-state index in [2.05, 4.69) is 35.8 Å². The van der Waals surface area contributed by atoms with Gasteiger partial charge in [0.25, 0.3) is 0 Å². The summed E-state index contributed by atoms with van der Waals surface area (Å²) in [6.45, 7) is 2.08. The fourth-order valence-corrected chi connectivity index (χ4v) is 2.64. The maximum atomic E-state index is 5.93. The zero-order chi connectivity index (χ0) is 14.8. The minimum Gasteiger partial charge on any atom is -0.497 e. The molecule has 0 unspecified atom stereocenters. The number of aryl methyl sites for hydroxylation is 2. The van der Waals surface area contributed by atoms with Gasteiger partial charge < -0.3 is 4.74 Å². The number of imidazole rings is 1. The van der Waals surface area contributed by atoms with Crippen molar-refractivity contribution in [3.8, 4) is 11.4 Å². The van der Waals surface area contributed by atoms with E-state index in [1.807, 2.05) is 18.2 Å². The first-order chi connectivity index (χ1) is 10.2. The highest BCUT2D eigenvalue weighted by atomic mass is 35.5. The number of methoxy groups -OCH3 is 1. The summed E-state index contributed by atoms with van der Waals surface area (Å²) in [5, 5.41) is 0. The molecule has 0 fully saturated rings. The number of nitrogens with zero attached hydrogens (tertiary/aromatic N) is 2. The molecule has 0 atom stereocenters. The van der Waals surface area contributed by atoms with Crippen LogP contribution >= 0.6 is 11.6 Å². The summed E-state index contributed by atoms with van der Waals surface area (Å²) in [7, 11) is 1.67. The van der Waals surface area contributed by atoms with E-state index < -0.39 is 0 Å². The number of fused-ring (bicyclic) bond motifs is 1. The molecule has 0 spiro atoms. The third-order valence-electron chi connectivity index (χ3n) is 3.54. The van der Waals surface area contributed by atoms with Gasteiger partial charge in [0.1, 0.15) is 11.6 Å². The summed E-state index contributed by atoms with van der Waals surface area (Å²) >= 11 is 5.93. The van der Waals surface area contributed by atoms with Gasteiger partial charge in [-0.05, 0) is 31.2 Å². The molecule has 1 heterocycles. The van der Waals surface area contributed by atoms with Crippen LogP contribution in [0, 0.1) is 6.92 Å². The molecule has 0 amide bonds. The van der Waals surface area contributed by atoms with Crippen LogP contribution in [0.25, 0.3) is 16.7 Å². The number of hydrogen-bond acceptors (Lipinski definition) is 2. The van der Waals surface area contributed by atoms with Gasteiger partial charge in [-0.15, -0.1) is 11.6 Å². The normalized spacial score (nSPS) is 11.0. The molecule has 0 saturated carbocycles. The molecule has 3 rings (SSSR count). The molecule has 0 saturated heterocycles. The Morgan fingerprint density at radius 2 is 1.90 bits per heavy atom. The highest BCUT2D eigenvalue weighted by Crippen LogP contribution is 2.26. The number of benzene rings is 2. The van der Waals surface area contributed by atoms with Gasteiger partial charge in [-0.2, -0.15) is 0 Å². The Hall–Kier alpha value is -2.00. The molecule has 0 aliphatic rings. The van der Waals surface area contributed by atoms with Crippen LogP contribution < -0.4 is 4.74 Å². The maximum absolute atomic E-state index is 5.93. The standard InChI is InChI=1S/C17H17ClN2O/c1-12-3-5-13(6-4-12)20-16-11-14(21-2)7-8-15(16)19-17(20)9-10-18/h3-8,11H,9-10H2,1-2H3. The van der Waals surface area contributed by atoms with Crippen LogP contribution in [-0.4, -0.2) is 22.5 Å². The summed E-state index contributed by atoms with van der Waals surface area (Å²) in [5.74, 6) is 2.34. The molecule has 21 heavy (non-hydrogen) atoms. The van der Waals surface area contributed by atoms with Crippen molar-refractivity contribution in [1.29, 1.82) is 0 Å². The second-order valence-electron chi connectivity index (χ2n) is 4.99. The lowest BCUT2D eigenvalue weighted by molar-refractivity contribution is 0.415. The van der Waals surface area contributed by atoms with E-state index in [-0.39, 0.29) is 0 Å². The minimum atomic E-state index is 0.548. The molecule has 0 bridgehead atoms. The highest BCUT2D eigenvalue weighted by molar-refractivity contribution is 6.17. The average molecular weight is 301 g/mol. The van der Waals surface area contributed by atoms with E-state index in [0.717, 1.165) is 34.7 Å². The van der Waals surface area contributed by atoms with Gasteiger partial charge in [0.05, 0.1) is 18.1 Å². The van der Waals surface area contributed by atoms with Crippen molar-refractivity contribution in [2.24, 2.45) is 0 Å². The van der Waals surface area contributed by atoms with Gasteiger partial charge in [-0.3, -0.25) is 4.57 Å². The van der Waals surface area contributed by atoms with Gasteiger partial charge in [-0.1, -0.05) is 17.7 Å². The SMILES string of the molecule is COc1ccc2nc(CCCl)n(-c3ccc(C)cc3)c2c1. The third kappa shape index (κ3) is 2.61. The molecule has 108 valence electrons. The minimum absolute atomic E-state index is 0.548. The lowest BCUT2D eigenvalue weighted by Crippen LogP contribution is -2.02. The third-order valence-corrected chi connectivity index (χ3v) is 3.73. The lowest BCUT2D eigenvalue weighted by atomic mass is 10.2. The topological polar surface area (TPSA) is 27.1 Å². The first-order valence-corrected chi connectivity index (χ1v) is 7.45.